The first-order chi connectivity index (χ1) is 12.3. The first-order valence-electron chi connectivity index (χ1n) is 8.60. The third kappa shape index (κ3) is 3.44. The fraction of sp³-hybridized carbons (Fsp3) is 0.526. The number of ether oxygens (including phenoxy) is 3. The van der Waals surface area contributed by atoms with Crippen LogP contribution in [0, 0.1) is 0 Å². The molecule has 0 bridgehead atoms. The topological polar surface area (TPSA) is 73.8 Å². The summed E-state index contributed by atoms with van der Waals surface area (Å²) in [6.45, 7) is 6.59. The Kier molecular flexibility index (Phi) is 4.75. The third-order valence-electron chi connectivity index (χ3n) is 4.59. The lowest BCUT2D eigenvalue weighted by molar-refractivity contribution is -0.0129. The van der Waals surface area contributed by atoms with Gasteiger partial charge in [-0.05, 0) is 38.5 Å². The molecule has 7 nitrogen and oxygen atoms in total. The molecule has 1 unspecified atom stereocenters. The van der Waals surface area contributed by atoms with E-state index in [0.29, 0.717) is 25.4 Å². The molecule has 1 aromatic heterocycles. The SMILES string of the molecule is COc1ncnc2ccc(C3(OC)CCN(C(=O)OC(C)(C)C)C3)cc12. The number of benzene rings is 1. The second-order valence-electron chi connectivity index (χ2n) is 7.47. The van der Waals surface area contributed by atoms with Gasteiger partial charge in [-0.25, -0.2) is 14.8 Å². The fourth-order valence-corrected chi connectivity index (χ4v) is 3.26. The van der Waals surface area contributed by atoms with Gasteiger partial charge in [0.2, 0.25) is 5.88 Å². The van der Waals surface area contributed by atoms with Crippen LogP contribution in [-0.2, 0) is 15.1 Å². The van der Waals surface area contributed by atoms with E-state index in [-0.39, 0.29) is 6.09 Å². The van der Waals surface area contributed by atoms with Gasteiger partial charge in [0.15, 0.2) is 0 Å². The van der Waals surface area contributed by atoms with Crippen molar-refractivity contribution in [3.05, 3.63) is 30.1 Å². The standard InChI is InChI=1S/C19H25N3O4/c1-18(2,3)26-17(23)22-9-8-19(11-22,25-5)13-6-7-15-14(10-13)16(24-4)21-12-20-15/h6-7,10,12H,8-9,11H2,1-5H3. The van der Waals surface area contributed by atoms with Crippen LogP contribution in [0.2, 0.25) is 0 Å². The van der Waals surface area contributed by atoms with Crippen LogP contribution in [0.25, 0.3) is 10.9 Å². The Balaban J connectivity index is 1.91. The van der Waals surface area contributed by atoms with Crippen molar-refractivity contribution in [2.75, 3.05) is 27.3 Å². The lowest BCUT2D eigenvalue weighted by Gasteiger charge is -2.29. The van der Waals surface area contributed by atoms with Crippen molar-refractivity contribution >= 4 is 17.0 Å². The highest BCUT2D eigenvalue weighted by molar-refractivity contribution is 5.84. The monoisotopic (exact) mass is 359 g/mol. The average Bonchev–Trinajstić information content (AvgIpc) is 3.05. The third-order valence-corrected chi connectivity index (χ3v) is 4.59. The maximum absolute atomic E-state index is 12.4. The summed E-state index contributed by atoms with van der Waals surface area (Å²) in [4.78, 5) is 22.5. The summed E-state index contributed by atoms with van der Waals surface area (Å²) >= 11 is 0. The van der Waals surface area contributed by atoms with Gasteiger partial charge >= 0.3 is 6.09 Å². The molecule has 0 spiro atoms. The number of nitrogens with zero attached hydrogens (tertiary/aromatic N) is 3. The molecule has 1 aliphatic heterocycles. The largest absolute Gasteiger partial charge is 0.480 e. The number of fused-ring (bicyclic) bond motifs is 1. The quantitative estimate of drug-likeness (QED) is 0.838. The normalized spacial score (nSPS) is 20.4. The molecule has 1 amide bonds. The number of methoxy groups -OCH3 is 2. The molecule has 2 heterocycles. The zero-order chi connectivity index (χ0) is 18.9. The molecule has 1 atom stereocenters. The van der Waals surface area contributed by atoms with E-state index in [4.69, 9.17) is 14.2 Å². The molecule has 1 aromatic carbocycles. The molecule has 26 heavy (non-hydrogen) atoms. The Bertz CT molecular complexity index is 818. The maximum Gasteiger partial charge on any atom is 0.410 e. The van der Waals surface area contributed by atoms with Crippen LogP contribution in [0.5, 0.6) is 5.88 Å². The number of aromatic nitrogens is 2. The van der Waals surface area contributed by atoms with E-state index < -0.39 is 11.2 Å². The van der Waals surface area contributed by atoms with Crippen LogP contribution in [-0.4, -0.2) is 53.9 Å². The molecule has 0 saturated carbocycles. The van der Waals surface area contributed by atoms with E-state index in [1.165, 1.54) is 6.33 Å². The minimum absolute atomic E-state index is 0.321. The minimum Gasteiger partial charge on any atom is -0.480 e. The first kappa shape index (κ1) is 18.4. The molecule has 7 heteroatoms. The van der Waals surface area contributed by atoms with Crippen molar-refractivity contribution in [1.29, 1.82) is 0 Å². The highest BCUT2D eigenvalue weighted by atomic mass is 16.6. The zero-order valence-electron chi connectivity index (χ0n) is 15.9. The van der Waals surface area contributed by atoms with Crippen molar-refractivity contribution in [3.8, 4) is 5.88 Å². The molecule has 0 N–H and O–H groups in total. The summed E-state index contributed by atoms with van der Waals surface area (Å²) in [5.74, 6) is 0.519. The van der Waals surface area contributed by atoms with E-state index in [0.717, 1.165) is 16.5 Å². The van der Waals surface area contributed by atoms with Crippen LogP contribution in [0.15, 0.2) is 24.5 Å². The Morgan fingerprint density at radius 2 is 2.00 bits per heavy atom. The van der Waals surface area contributed by atoms with Gasteiger partial charge in [-0.2, -0.15) is 0 Å². The van der Waals surface area contributed by atoms with E-state index in [1.54, 1.807) is 19.1 Å². The fourth-order valence-electron chi connectivity index (χ4n) is 3.26. The number of carbonyl (C=O) groups is 1. The summed E-state index contributed by atoms with van der Waals surface area (Å²) in [5, 5.41) is 0.819. The van der Waals surface area contributed by atoms with Gasteiger partial charge in [0.05, 0.1) is 24.6 Å². The second-order valence-corrected chi connectivity index (χ2v) is 7.47. The van der Waals surface area contributed by atoms with Gasteiger partial charge in [0.1, 0.15) is 17.5 Å². The molecule has 1 saturated heterocycles. The van der Waals surface area contributed by atoms with Gasteiger partial charge in [0.25, 0.3) is 0 Å². The molecule has 1 aliphatic rings. The summed E-state index contributed by atoms with van der Waals surface area (Å²) in [6, 6.07) is 5.89. The lowest BCUT2D eigenvalue weighted by Crippen LogP contribution is -2.38. The Labute approximate surface area is 153 Å². The van der Waals surface area contributed by atoms with Crippen LogP contribution >= 0.6 is 0 Å². The second kappa shape index (κ2) is 6.72. The van der Waals surface area contributed by atoms with E-state index in [2.05, 4.69) is 9.97 Å². The maximum atomic E-state index is 12.4. The highest BCUT2D eigenvalue weighted by Gasteiger charge is 2.43. The summed E-state index contributed by atoms with van der Waals surface area (Å²) in [5.41, 5.74) is 0.648. The number of hydrogen-bond donors (Lipinski definition) is 0. The van der Waals surface area contributed by atoms with Crippen molar-refractivity contribution in [1.82, 2.24) is 14.9 Å². The molecular formula is C19H25N3O4. The molecule has 0 radical (unpaired) electrons. The molecule has 140 valence electrons. The van der Waals surface area contributed by atoms with E-state index >= 15 is 0 Å². The van der Waals surface area contributed by atoms with Crippen LogP contribution in [0.1, 0.15) is 32.8 Å². The summed E-state index contributed by atoms with van der Waals surface area (Å²) in [6.07, 6.45) is 1.84. The van der Waals surface area contributed by atoms with Gasteiger partial charge in [-0.15, -0.1) is 0 Å². The summed E-state index contributed by atoms with van der Waals surface area (Å²) < 4.78 is 16.7. The van der Waals surface area contributed by atoms with Gasteiger partial charge in [-0.3, -0.25) is 0 Å². The molecule has 3 rings (SSSR count). The van der Waals surface area contributed by atoms with Gasteiger partial charge in [0, 0.05) is 20.1 Å². The number of carbonyl (C=O) groups excluding carboxylic acids is 1. The molecule has 1 fully saturated rings. The van der Waals surface area contributed by atoms with Gasteiger partial charge < -0.3 is 19.1 Å². The van der Waals surface area contributed by atoms with E-state index in [9.17, 15) is 4.79 Å². The number of amides is 1. The average molecular weight is 359 g/mol. The zero-order valence-corrected chi connectivity index (χ0v) is 15.9. The van der Waals surface area contributed by atoms with Gasteiger partial charge in [-0.1, -0.05) is 6.07 Å². The molecule has 0 aliphatic carbocycles. The number of rotatable bonds is 3. The smallest absolute Gasteiger partial charge is 0.410 e. The Morgan fingerprint density at radius 3 is 2.65 bits per heavy atom. The minimum atomic E-state index is -0.591. The lowest BCUT2D eigenvalue weighted by atomic mass is 9.91. The molecular weight excluding hydrogens is 334 g/mol. The first-order valence-corrected chi connectivity index (χ1v) is 8.60. The van der Waals surface area contributed by atoms with Crippen molar-refractivity contribution in [2.45, 2.75) is 38.4 Å². The van der Waals surface area contributed by atoms with Crippen molar-refractivity contribution in [3.63, 3.8) is 0 Å². The predicted molar refractivity (Wildman–Crippen MR) is 97.2 cm³/mol. The molecule has 2 aromatic rings. The number of likely N-dealkylation sites (tertiary alicyclic amines) is 1. The predicted octanol–water partition coefficient (Wildman–Crippen LogP) is 3.12. The van der Waals surface area contributed by atoms with Crippen LogP contribution in [0.3, 0.4) is 0 Å². The van der Waals surface area contributed by atoms with Crippen molar-refractivity contribution < 1.29 is 19.0 Å². The summed E-state index contributed by atoms with van der Waals surface area (Å²) in [7, 11) is 3.25. The van der Waals surface area contributed by atoms with Crippen molar-refractivity contribution in [2.24, 2.45) is 0 Å². The van der Waals surface area contributed by atoms with E-state index in [1.807, 2.05) is 39.0 Å². The van der Waals surface area contributed by atoms with Crippen LogP contribution < -0.4 is 4.74 Å². The Hall–Kier alpha value is -2.41. The Morgan fingerprint density at radius 1 is 1.23 bits per heavy atom. The van der Waals surface area contributed by atoms with Crippen LogP contribution in [0.4, 0.5) is 4.79 Å². The number of hydrogen-bond acceptors (Lipinski definition) is 6. The highest BCUT2D eigenvalue weighted by Crippen LogP contribution is 2.38.